The van der Waals surface area contributed by atoms with E-state index in [1.54, 1.807) is 0 Å². The molecule has 1 saturated carbocycles. The summed E-state index contributed by atoms with van der Waals surface area (Å²) in [5.74, 6) is 2.61. The van der Waals surface area contributed by atoms with Gasteiger partial charge in [0, 0.05) is 23.2 Å². The maximum atomic E-state index is 5.84. The average Bonchev–Trinajstić information content (AvgIpc) is 3.20. The number of rotatable bonds is 6. The van der Waals surface area contributed by atoms with Crippen molar-refractivity contribution in [3.63, 3.8) is 0 Å². The first-order chi connectivity index (χ1) is 9.70. The Hall–Kier alpha value is -1.45. The van der Waals surface area contributed by atoms with E-state index in [9.17, 15) is 0 Å². The van der Waals surface area contributed by atoms with Crippen molar-refractivity contribution in [2.75, 3.05) is 0 Å². The number of benzene rings is 1. The summed E-state index contributed by atoms with van der Waals surface area (Å²) in [5, 5.41) is 4.20. The fraction of sp³-hybridized carbons (Fsp3) is 0.375. The summed E-state index contributed by atoms with van der Waals surface area (Å²) in [6.45, 7) is 3.31. The van der Waals surface area contributed by atoms with Crippen LogP contribution in [0.15, 0.2) is 34.7 Å². The van der Waals surface area contributed by atoms with Crippen molar-refractivity contribution in [1.82, 2.24) is 5.32 Å². The second-order valence-electron chi connectivity index (χ2n) is 5.19. The van der Waals surface area contributed by atoms with Crippen LogP contribution in [0.2, 0.25) is 5.02 Å². The smallest absolute Gasteiger partial charge is 0.146 e. The highest BCUT2D eigenvalue weighted by Gasteiger charge is 2.20. The highest BCUT2D eigenvalue weighted by atomic mass is 35.5. The number of hydrogen-bond acceptors (Lipinski definition) is 3. The van der Waals surface area contributed by atoms with Crippen LogP contribution < -0.4 is 10.1 Å². The zero-order chi connectivity index (χ0) is 13.9. The predicted octanol–water partition coefficient (Wildman–Crippen LogP) is 4.07. The molecule has 1 aromatic heterocycles. The molecule has 106 valence electrons. The molecule has 0 amide bonds. The van der Waals surface area contributed by atoms with E-state index in [2.05, 4.69) is 11.4 Å². The third-order valence-corrected chi connectivity index (χ3v) is 3.68. The Bertz CT molecular complexity index is 573. The summed E-state index contributed by atoms with van der Waals surface area (Å²) in [6.07, 6.45) is 2.59. The topological polar surface area (TPSA) is 34.4 Å². The van der Waals surface area contributed by atoms with Gasteiger partial charge in [-0.2, -0.15) is 0 Å². The first-order valence-corrected chi connectivity index (χ1v) is 7.28. The zero-order valence-electron chi connectivity index (χ0n) is 11.5. The van der Waals surface area contributed by atoms with E-state index in [-0.39, 0.29) is 0 Å². The number of aryl methyl sites for hydroxylation is 1. The van der Waals surface area contributed by atoms with Gasteiger partial charge < -0.3 is 14.5 Å². The lowest BCUT2D eigenvalue weighted by molar-refractivity contribution is 0.267. The molecule has 1 N–H and O–H groups in total. The molecule has 1 heterocycles. The van der Waals surface area contributed by atoms with Crippen LogP contribution >= 0.6 is 11.6 Å². The molecule has 0 aliphatic heterocycles. The summed E-state index contributed by atoms with van der Waals surface area (Å²) in [5.41, 5.74) is 1.21. The van der Waals surface area contributed by atoms with Crippen LogP contribution in [0.25, 0.3) is 0 Å². The number of ether oxygens (including phenoxy) is 1. The summed E-state index contributed by atoms with van der Waals surface area (Å²) in [6, 6.07) is 10.1. The number of hydrogen-bond donors (Lipinski definition) is 1. The third kappa shape index (κ3) is 3.56. The molecule has 3 nitrogen and oxygen atoms in total. The number of nitrogens with one attached hydrogen (secondary N) is 1. The van der Waals surface area contributed by atoms with Gasteiger partial charge in [-0.05, 0) is 50.1 Å². The normalized spacial score (nSPS) is 14.5. The van der Waals surface area contributed by atoms with Crippen molar-refractivity contribution >= 4 is 11.6 Å². The van der Waals surface area contributed by atoms with Gasteiger partial charge in [-0.15, -0.1) is 0 Å². The molecule has 2 aromatic rings. The molecule has 1 aliphatic rings. The van der Waals surface area contributed by atoms with Gasteiger partial charge in [0.05, 0.1) is 0 Å². The van der Waals surface area contributed by atoms with E-state index >= 15 is 0 Å². The van der Waals surface area contributed by atoms with E-state index < -0.39 is 0 Å². The van der Waals surface area contributed by atoms with Gasteiger partial charge in [-0.1, -0.05) is 11.6 Å². The largest absolute Gasteiger partial charge is 0.486 e. The fourth-order valence-electron chi connectivity index (χ4n) is 2.06. The Morgan fingerprint density at radius 2 is 2.05 bits per heavy atom. The lowest BCUT2D eigenvalue weighted by atomic mass is 10.2. The molecule has 0 spiro atoms. The highest BCUT2D eigenvalue weighted by Crippen LogP contribution is 2.22. The minimum absolute atomic E-state index is 0.436. The van der Waals surface area contributed by atoms with E-state index in [0.29, 0.717) is 17.7 Å². The molecular weight excluding hydrogens is 274 g/mol. The van der Waals surface area contributed by atoms with Crippen molar-refractivity contribution in [2.45, 2.75) is 39.0 Å². The SMILES string of the molecule is Cc1oc(COc2ccc(Cl)cc2)cc1CNC1CC1. The molecule has 0 saturated heterocycles. The van der Waals surface area contributed by atoms with E-state index in [0.717, 1.165) is 23.8 Å². The second-order valence-corrected chi connectivity index (χ2v) is 5.63. The summed E-state index contributed by atoms with van der Waals surface area (Å²) in [4.78, 5) is 0. The van der Waals surface area contributed by atoms with Gasteiger partial charge in [0.15, 0.2) is 0 Å². The average molecular weight is 292 g/mol. The standard InChI is InChI=1S/C16H18ClNO2/c1-11-12(9-18-14-4-5-14)8-16(20-11)10-19-15-6-2-13(17)3-7-15/h2-3,6-8,14,18H,4-5,9-10H2,1H3. The van der Waals surface area contributed by atoms with Crippen molar-refractivity contribution in [1.29, 1.82) is 0 Å². The van der Waals surface area contributed by atoms with Crippen LogP contribution in [0.4, 0.5) is 0 Å². The number of furan rings is 1. The molecule has 20 heavy (non-hydrogen) atoms. The summed E-state index contributed by atoms with van der Waals surface area (Å²) >= 11 is 5.84. The first kappa shape index (κ1) is 13.5. The Kier molecular flexibility index (Phi) is 3.99. The van der Waals surface area contributed by atoms with Gasteiger partial charge in [-0.25, -0.2) is 0 Å². The maximum Gasteiger partial charge on any atom is 0.146 e. The quantitative estimate of drug-likeness (QED) is 0.871. The maximum absolute atomic E-state index is 5.84. The minimum atomic E-state index is 0.436. The van der Waals surface area contributed by atoms with Crippen LogP contribution in [0, 0.1) is 6.92 Å². The predicted molar refractivity (Wildman–Crippen MR) is 79.1 cm³/mol. The van der Waals surface area contributed by atoms with Crippen LogP contribution in [-0.2, 0) is 13.2 Å². The van der Waals surface area contributed by atoms with Gasteiger partial charge in [0.2, 0.25) is 0 Å². The van der Waals surface area contributed by atoms with Crippen molar-refractivity contribution in [3.8, 4) is 5.75 Å². The van der Waals surface area contributed by atoms with Gasteiger partial charge >= 0.3 is 0 Å². The molecule has 0 unspecified atom stereocenters. The molecular formula is C16H18ClNO2. The van der Waals surface area contributed by atoms with E-state index in [1.165, 1.54) is 18.4 Å². The van der Waals surface area contributed by atoms with E-state index in [4.69, 9.17) is 20.8 Å². The van der Waals surface area contributed by atoms with Crippen LogP contribution in [0.1, 0.15) is 29.9 Å². The fourth-order valence-corrected chi connectivity index (χ4v) is 2.19. The molecule has 1 aliphatic carbocycles. The summed E-state index contributed by atoms with van der Waals surface area (Å²) < 4.78 is 11.4. The van der Waals surface area contributed by atoms with E-state index in [1.807, 2.05) is 31.2 Å². The Morgan fingerprint density at radius 1 is 1.30 bits per heavy atom. The molecule has 0 bridgehead atoms. The van der Waals surface area contributed by atoms with Crippen LogP contribution in [0.3, 0.4) is 0 Å². The first-order valence-electron chi connectivity index (χ1n) is 6.90. The molecule has 1 fully saturated rings. The van der Waals surface area contributed by atoms with Gasteiger partial charge in [-0.3, -0.25) is 0 Å². The lowest BCUT2D eigenvalue weighted by Crippen LogP contribution is -2.15. The Morgan fingerprint density at radius 3 is 2.75 bits per heavy atom. The highest BCUT2D eigenvalue weighted by molar-refractivity contribution is 6.30. The van der Waals surface area contributed by atoms with Crippen LogP contribution in [-0.4, -0.2) is 6.04 Å². The Labute approximate surface area is 123 Å². The monoisotopic (exact) mass is 291 g/mol. The molecule has 4 heteroatoms. The molecule has 3 rings (SSSR count). The Balaban J connectivity index is 1.56. The van der Waals surface area contributed by atoms with Crippen LogP contribution in [0.5, 0.6) is 5.75 Å². The van der Waals surface area contributed by atoms with Crippen molar-refractivity contribution < 1.29 is 9.15 Å². The molecule has 0 atom stereocenters. The zero-order valence-corrected chi connectivity index (χ0v) is 12.2. The third-order valence-electron chi connectivity index (χ3n) is 3.42. The summed E-state index contributed by atoms with van der Waals surface area (Å²) in [7, 11) is 0. The second kappa shape index (κ2) is 5.90. The van der Waals surface area contributed by atoms with Gasteiger partial charge in [0.25, 0.3) is 0 Å². The molecule has 1 aromatic carbocycles. The number of halogens is 1. The molecule has 0 radical (unpaired) electrons. The van der Waals surface area contributed by atoms with Gasteiger partial charge in [0.1, 0.15) is 23.9 Å². The van der Waals surface area contributed by atoms with Crippen molar-refractivity contribution in [3.05, 3.63) is 52.4 Å². The van der Waals surface area contributed by atoms with Crippen molar-refractivity contribution in [2.24, 2.45) is 0 Å². The lowest BCUT2D eigenvalue weighted by Gasteiger charge is -2.03. The minimum Gasteiger partial charge on any atom is -0.486 e.